The summed E-state index contributed by atoms with van der Waals surface area (Å²) >= 11 is 0. The molecule has 1 aromatic carbocycles. The highest BCUT2D eigenvalue weighted by molar-refractivity contribution is 5.93. The van der Waals surface area contributed by atoms with Crippen LogP contribution in [0.2, 0.25) is 0 Å². The molecule has 0 aliphatic carbocycles. The monoisotopic (exact) mass is 288 g/mol. The van der Waals surface area contributed by atoms with Crippen LogP contribution in [0.5, 0.6) is 0 Å². The van der Waals surface area contributed by atoms with Gasteiger partial charge in [0.2, 0.25) is 0 Å². The van der Waals surface area contributed by atoms with Crippen LogP contribution in [0.15, 0.2) is 36.9 Å². The number of cyclic esters (lactones) is 1. The second-order valence-corrected chi connectivity index (χ2v) is 5.31. The smallest absolute Gasteiger partial charge is 0.339 e. The van der Waals surface area contributed by atoms with Gasteiger partial charge in [-0.1, -0.05) is 19.9 Å². The minimum atomic E-state index is -0.636. The van der Waals surface area contributed by atoms with E-state index in [9.17, 15) is 9.18 Å². The van der Waals surface area contributed by atoms with E-state index in [1.54, 1.807) is 18.6 Å². The summed E-state index contributed by atoms with van der Waals surface area (Å²) in [7, 11) is 0. The van der Waals surface area contributed by atoms with E-state index in [4.69, 9.17) is 4.74 Å². The summed E-state index contributed by atoms with van der Waals surface area (Å²) in [5.74, 6) is -0.889. The van der Waals surface area contributed by atoms with Gasteiger partial charge in [-0.25, -0.2) is 14.2 Å². The molecule has 0 amide bonds. The van der Waals surface area contributed by atoms with Gasteiger partial charge >= 0.3 is 5.97 Å². The van der Waals surface area contributed by atoms with E-state index in [1.165, 1.54) is 12.1 Å². The first kappa shape index (κ1) is 13.8. The van der Waals surface area contributed by atoms with Crippen LogP contribution in [0.1, 0.15) is 48.7 Å². The Morgan fingerprint density at radius 2 is 2.14 bits per heavy atom. The standard InChI is InChI=1S/C16H17FN2O2/c1-3-16(4-2)14(19-8-7-18-10-19)12-6-5-11(17)9-13(12)15(20)21-16/h5-10,14H,3-4H2,1-2H3. The molecule has 0 spiro atoms. The fourth-order valence-corrected chi connectivity index (χ4v) is 3.16. The Bertz CT molecular complexity index is 663. The molecule has 1 atom stereocenters. The normalized spacial score (nSPS) is 20.0. The van der Waals surface area contributed by atoms with Gasteiger partial charge in [-0.05, 0) is 30.5 Å². The number of carbonyl (C=O) groups excluding carboxylic acids is 1. The zero-order valence-corrected chi connectivity index (χ0v) is 12.0. The molecular weight excluding hydrogens is 271 g/mol. The van der Waals surface area contributed by atoms with Gasteiger partial charge in [-0.2, -0.15) is 0 Å². The molecule has 1 aliphatic rings. The van der Waals surface area contributed by atoms with E-state index < -0.39 is 17.4 Å². The number of hydrogen-bond acceptors (Lipinski definition) is 3. The molecule has 21 heavy (non-hydrogen) atoms. The molecule has 5 heteroatoms. The number of carbonyl (C=O) groups is 1. The van der Waals surface area contributed by atoms with Gasteiger partial charge in [0.1, 0.15) is 17.5 Å². The van der Waals surface area contributed by atoms with Crippen molar-refractivity contribution in [3.63, 3.8) is 0 Å². The fourth-order valence-electron chi connectivity index (χ4n) is 3.16. The third kappa shape index (κ3) is 2.04. The minimum absolute atomic E-state index is 0.191. The largest absolute Gasteiger partial charge is 0.453 e. The molecule has 0 saturated carbocycles. The van der Waals surface area contributed by atoms with Crippen LogP contribution in [0, 0.1) is 5.82 Å². The number of halogens is 1. The van der Waals surface area contributed by atoms with Crippen molar-refractivity contribution >= 4 is 5.97 Å². The van der Waals surface area contributed by atoms with Crippen molar-refractivity contribution in [2.75, 3.05) is 0 Å². The number of esters is 1. The molecule has 110 valence electrons. The summed E-state index contributed by atoms with van der Waals surface area (Å²) in [5.41, 5.74) is 0.448. The predicted octanol–water partition coefficient (Wildman–Crippen LogP) is 3.34. The summed E-state index contributed by atoms with van der Waals surface area (Å²) in [4.78, 5) is 16.4. The Kier molecular flexibility index (Phi) is 3.27. The molecule has 1 aliphatic heterocycles. The van der Waals surface area contributed by atoms with Crippen LogP contribution < -0.4 is 0 Å². The van der Waals surface area contributed by atoms with Gasteiger partial charge in [0.05, 0.1) is 11.9 Å². The lowest BCUT2D eigenvalue weighted by atomic mass is 9.79. The maximum Gasteiger partial charge on any atom is 0.339 e. The predicted molar refractivity (Wildman–Crippen MR) is 75.5 cm³/mol. The lowest BCUT2D eigenvalue weighted by Gasteiger charge is -2.43. The Morgan fingerprint density at radius 3 is 2.76 bits per heavy atom. The van der Waals surface area contributed by atoms with E-state index in [0.29, 0.717) is 18.4 Å². The lowest BCUT2D eigenvalue weighted by Crippen LogP contribution is -2.47. The molecule has 0 fully saturated rings. The minimum Gasteiger partial charge on any atom is -0.453 e. The van der Waals surface area contributed by atoms with Crippen LogP contribution in [-0.2, 0) is 4.74 Å². The zero-order chi connectivity index (χ0) is 15.0. The maximum absolute atomic E-state index is 13.5. The number of benzene rings is 1. The second-order valence-electron chi connectivity index (χ2n) is 5.31. The van der Waals surface area contributed by atoms with Crippen LogP contribution in [0.4, 0.5) is 4.39 Å². The fraction of sp³-hybridized carbons (Fsp3) is 0.375. The Balaban J connectivity index is 2.24. The number of fused-ring (bicyclic) bond motifs is 1. The van der Waals surface area contributed by atoms with E-state index in [-0.39, 0.29) is 6.04 Å². The average Bonchev–Trinajstić information content (AvgIpc) is 3.01. The summed E-state index contributed by atoms with van der Waals surface area (Å²) in [5, 5.41) is 0. The van der Waals surface area contributed by atoms with Crippen molar-refractivity contribution in [1.82, 2.24) is 9.55 Å². The summed E-state index contributed by atoms with van der Waals surface area (Å²) in [6.45, 7) is 3.99. The van der Waals surface area contributed by atoms with Crippen LogP contribution in [0.25, 0.3) is 0 Å². The quantitative estimate of drug-likeness (QED) is 0.814. The molecule has 0 radical (unpaired) electrons. The summed E-state index contributed by atoms with van der Waals surface area (Å²) < 4.78 is 21.1. The molecular formula is C16H17FN2O2. The second kappa shape index (κ2) is 4.98. The first-order chi connectivity index (χ1) is 10.1. The molecule has 0 saturated heterocycles. The molecule has 1 aromatic heterocycles. The first-order valence-electron chi connectivity index (χ1n) is 7.11. The van der Waals surface area contributed by atoms with Crippen molar-refractivity contribution < 1.29 is 13.9 Å². The highest BCUT2D eigenvalue weighted by atomic mass is 19.1. The molecule has 1 unspecified atom stereocenters. The van der Waals surface area contributed by atoms with Gasteiger partial charge in [-0.3, -0.25) is 0 Å². The third-order valence-corrected chi connectivity index (χ3v) is 4.34. The Morgan fingerprint density at radius 1 is 1.38 bits per heavy atom. The zero-order valence-electron chi connectivity index (χ0n) is 12.0. The van der Waals surface area contributed by atoms with E-state index in [2.05, 4.69) is 4.98 Å². The van der Waals surface area contributed by atoms with Crippen LogP contribution in [0.3, 0.4) is 0 Å². The maximum atomic E-state index is 13.5. The number of imidazole rings is 1. The molecule has 0 N–H and O–H groups in total. The van der Waals surface area contributed by atoms with Crippen molar-refractivity contribution in [3.05, 3.63) is 53.9 Å². The number of ether oxygens (including phenoxy) is 1. The van der Waals surface area contributed by atoms with E-state index >= 15 is 0 Å². The summed E-state index contributed by atoms with van der Waals surface area (Å²) in [6, 6.07) is 4.12. The average molecular weight is 288 g/mol. The van der Waals surface area contributed by atoms with Crippen LogP contribution in [-0.4, -0.2) is 21.1 Å². The molecule has 0 bridgehead atoms. The number of nitrogens with zero attached hydrogens (tertiary/aromatic N) is 2. The van der Waals surface area contributed by atoms with Gasteiger partial charge < -0.3 is 9.30 Å². The third-order valence-electron chi connectivity index (χ3n) is 4.34. The van der Waals surface area contributed by atoms with Gasteiger partial charge in [0, 0.05) is 12.4 Å². The topological polar surface area (TPSA) is 44.1 Å². The highest BCUT2D eigenvalue weighted by Gasteiger charge is 2.47. The van der Waals surface area contributed by atoms with E-state index in [0.717, 1.165) is 5.56 Å². The molecule has 3 rings (SSSR count). The Labute approximate surface area is 122 Å². The molecule has 2 heterocycles. The van der Waals surface area contributed by atoms with Crippen molar-refractivity contribution in [3.8, 4) is 0 Å². The number of hydrogen-bond donors (Lipinski definition) is 0. The van der Waals surface area contributed by atoms with Gasteiger partial charge in [-0.15, -0.1) is 0 Å². The SMILES string of the molecule is CCC1(CC)OC(=O)c2cc(F)ccc2C1n1ccnc1. The van der Waals surface area contributed by atoms with Crippen LogP contribution >= 0.6 is 0 Å². The van der Waals surface area contributed by atoms with Gasteiger partial charge in [0.25, 0.3) is 0 Å². The lowest BCUT2D eigenvalue weighted by molar-refractivity contribution is -0.0515. The van der Waals surface area contributed by atoms with E-state index in [1.807, 2.05) is 24.6 Å². The molecule has 2 aromatic rings. The summed E-state index contributed by atoms with van der Waals surface area (Å²) in [6.07, 6.45) is 6.59. The molecule has 4 nitrogen and oxygen atoms in total. The van der Waals surface area contributed by atoms with Crippen molar-refractivity contribution in [1.29, 1.82) is 0 Å². The number of rotatable bonds is 3. The number of aromatic nitrogens is 2. The highest BCUT2D eigenvalue weighted by Crippen LogP contribution is 2.44. The first-order valence-corrected chi connectivity index (χ1v) is 7.11. The van der Waals surface area contributed by atoms with Crippen molar-refractivity contribution in [2.45, 2.75) is 38.3 Å². The van der Waals surface area contributed by atoms with Crippen molar-refractivity contribution in [2.24, 2.45) is 0 Å². The van der Waals surface area contributed by atoms with Gasteiger partial charge in [0.15, 0.2) is 0 Å². The Hall–Kier alpha value is -2.17.